The molecular formula is C18H30FNO. The zero-order valence-corrected chi connectivity index (χ0v) is 13.9. The molecule has 0 radical (unpaired) electrons. The Morgan fingerprint density at radius 2 is 1.71 bits per heavy atom. The van der Waals surface area contributed by atoms with Gasteiger partial charge in [-0.15, -0.1) is 0 Å². The van der Waals surface area contributed by atoms with Gasteiger partial charge >= 0.3 is 0 Å². The van der Waals surface area contributed by atoms with E-state index in [1.54, 1.807) is 0 Å². The molecule has 1 unspecified atom stereocenters. The molecule has 1 N–H and O–H groups in total. The molecule has 0 aliphatic rings. The first-order valence-corrected chi connectivity index (χ1v) is 8.23. The molecule has 0 amide bonds. The Balaban J connectivity index is 2.93. The molecule has 0 aromatic heterocycles. The third-order valence-electron chi connectivity index (χ3n) is 4.26. The van der Waals surface area contributed by atoms with E-state index in [1.165, 1.54) is 12.1 Å². The van der Waals surface area contributed by atoms with Crippen LogP contribution in [0, 0.1) is 5.82 Å². The molecule has 1 aromatic rings. The monoisotopic (exact) mass is 295 g/mol. The second kappa shape index (κ2) is 9.16. The molecule has 21 heavy (non-hydrogen) atoms. The summed E-state index contributed by atoms with van der Waals surface area (Å²) in [5.41, 5.74) is 0.995. The van der Waals surface area contributed by atoms with E-state index in [4.69, 9.17) is 4.74 Å². The van der Waals surface area contributed by atoms with E-state index < -0.39 is 0 Å². The molecule has 0 bridgehead atoms. The van der Waals surface area contributed by atoms with Gasteiger partial charge in [-0.3, -0.25) is 0 Å². The minimum absolute atomic E-state index is 0.154. The lowest BCUT2D eigenvalue weighted by atomic mass is 9.84. The molecule has 1 aromatic carbocycles. The van der Waals surface area contributed by atoms with Crippen molar-refractivity contribution >= 4 is 0 Å². The fourth-order valence-corrected chi connectivity index (χ4v) is 2.95. The molecule has 0 spiro atoms. The molecule has 0 fully saturated rings. The highest BCUT2D eigenvalue weighted by atomic mass is 19.1. The van der Waals surface area contributed by atoms with Crippen molar-refractivity contribution in [3.63, 3.8) is 0 Å². The van der Waals surface area contributed by atoms with E-state index in [0.717, 1.165) is 44.4 Å². The standard InChI is InChI=1S/C18H30FNO/c1-5-13-20-17(18(6-2,7-3)21-8-4)14-15-9-11-16(19)12-10-15/h9-12,17,20H,5-8,13-14H2,1-4H3. The molecule has 3 heteroatoms. The summed E-state index contributed by atoms with van der Waals surface area (Å²) in [6, 6.07) is 7.06. The first-order chi connectivity index (χ1) is 10.1. The van der Waals surface area contributed by atoms with Gasteiger partial charge in [0.15, 0.2) is 0 Å². The van der Waals surface area contributed by atoms with E-state index in [-0.39, 0.29) is 17.5 Å². The van der Waals surface area contributed by atoms with Gasteiger partial charge in [-0.2, -0.15) is 0 Å². The highest BCUT2D eigenvalue weighted by molar-refractivity contribution is 5.18. The fourth-order valence-electron chi connectivity index (χ4n) is 2.95. The second-order valence-electron chi connectivity index (χ2n) is 5.54. The van der Waals surface area contributed by atoms with Gasteiger partial charge < -0.3 is 10.1 Å². The predicted octanol–water partition coefficient (Wildman–Crippen LogP) is 4.33. The summed E-state index contributed by atoms with van der Waals surface area (Å²) < 4.78 is 19.2. The SMILES string of the molecule is CCCNC(Cc1ccc(F)cc1)C(CC)(CC)OCC. The number of benzene rings is 1. The highest BCUT2D eigenvalue weighted by Crippen LogP contribution is 2.27. The first kappa shape index (κ1) is 18.1. The van der Waals surface area contributed by atoms with Crippen molar-refractivity contribution < 1.29 is 9.13 Å². The fraction of sp³-hybridized carbons (Fsp3) is 0.667. The highest BCUT2D eigenvalue weighted by Gasteiger charge is 2.36. The van der Waals surface area contributed by atoms with Crippen LogP contribution in [-0.4, -0.2) is 24.8 Å². The summed E-state index contributed by atoms with van der Waals surface area (Å²) in [4.78, 5) is 0. The summed E-state index contributed by atoms with van der Waals surface area (Å²) in [6.07, 6.45) is 3.90. The van der Waals surface area contributed by atoms with E-state index >= 15 is 0 Å². The quantitative estimate of drug-likeness (QED) is 0.693. The minimum Gasteiger partial charge on any atom is -0.374 e. The Hall–Kier alpha value is -0.930. The van der Waals surface area contributed by atoms with Gasteiger partial charge in [0.05, 0.1) is 5.60 Å². The van der Waals surface area contributed by atoms with Crippen LogP contribution in [-0.2, 0) is 11.2 Å². The zero-order valence-electron chi connectivity index (χ0n) is 13.9. The predicted molar refractivity (Wildman–Crippen MR) is 87.1 cm³/mol. The van der Waals surface area contributed by atoms with Crippen molar-refractivity contribution in [3.8, 4) is 0 Å². The molecule has 0 saturated carbocycles. The van der Waals surface area contributed by atoms with Gasteiger partial charge in [0, 0.05) is 12.6 Å². The Morgan fingerprint density at radius 1 is 1.10 bits per heavy atom. The number of rotatable bonds is 10. The lowest BCUT2D eigenvalue weighted by Gasteiger charge is -2.40. The molecule has 2 nitrogen and oxygen atoms in total. The number of halogens is 1. The minimum atomic E-state index is -0.182. The van der Waals surface area contributed by atoms with E-state index in [9.17, 15) is 4.39 Å². The first-order valence-electron chi connectivity index (χ1n) is 8.23. The van der Waals surface area contributed by atoms with E-state index in [1.807, 2.05) is 12.1 Å². The molecule has 0 aliphatic heterocycles. The molecule has 0 aliphatic carbocycles. The second-order valence-corrected chi connectivity index (χ2v) is 5.54. The zero-order chi connectivity index (χ0) is 15.7. The van der Waals surface area contributed by atoms with Crippen LogP contribution in [0.15, 0.2) is 24.3 Å². The number of ether oxygens (including phenoxy) is 1. The van der Waals surface area contributed by atoms with Crippen LogP contribution < -0.4 is 5.32 Å². The maximum atomic E-state index is 13.1. The van der Waals surface area contributed by atoms with Crippen molar-refractivity contribution in [2.24, 2.45) is 0 Å². The Kier molecular flexibility index (Phi) is 7.91. The topological polar surface area (TPSA) is 21.3 Å². The average molecular weight is 295 g/mol. The van der Waals surface area contributed by atoms with E-state index in [0.29, 0.717) is 0 Å². The molecule has 1 atom stereocenters. The number of hydrogen-bond acceptors (Lipinski definition) is 2. The summed E-state index contributed by atoms with van der Waals surface area (Å²) in [6.45, 7) is 10.3. The van der Waals surface area contributed by atoms with Crippen LogP contribution in [0.5, 0.6) is 0 Å². The maximum Gasteiger partial charge on any atom is 0.123 e. The third-order valence-corrected chi connectivity index (χ3v) is 4.26. The summed E-state index contributed by atoms with van der Waals surface area (Å²) in [7, 11) is 0. The lowest BCUT2D eigenvalue weighted by molar-refractivity contribution is -0.0718. The van der Waals surface area contributed by atoms with Crippen molar-refractivity contribution in [1.29, 1.82) is 0 Å². The third kappa shape index (κ3) is 5.08. The number of hydrogen-bond donors (Lipinski definition) is 1. The molecule has 0 saturated heterocycles. The normalized spacial score (nSPS) is 13.4. The molecule has 1 rings (SSSR count). The lowest BCUT2D eigenvalue weighted by Crippen LogP contribution is -2.53. The summed E-state index contributed by atoms with van der Waals surface area (Å²) in [5.74, 6) is -0.182. The molecule has 0 heterocycles. The van der Waals surface area contributed by atoms with Crippen molar-refractivity contribution in [2.45, 2.75) is 65.0 Å². The van der Waals surface area contributed by atoms with Crippen LogP contribution in [0.3, 0.4) is 0 Å². The molecular weight excluding hydrogens is 265 g/mol. The van der Waals surface area contributed by atoms with Crippen LogP contribution in [0.4, 0.5) is 4.39 Å². The van der Waals surface area contributed by atoms with Gasteiger partial charge in [0.25, 0.3) is 0 Å². The van der Waals surface area contributed by atoms with Crippen molar-refractivity contribution in [2.75, 3.05) is 13.2 Å². The van der Waals surface area contributed by atoms with Crippen LogP contribution in [0.2, 0.25) is 0 Å². The largest absolute Gasteiger partial charge is 0.374 e. The van der Waals surface area contributed by atoms with Gasteiger partial charge in [-0.1, -0.05) is 32.9 Å². The van der Waals surface area contributed by atoms with Crippen LogP contribution in [0.1, 0.15) is 52.5 Å². The Labute approximate surface area is 129 Å². The van der Waals surface area contributed by atoms with Gasteiger partial charge in [-0.05, 0) is 56.8 Å². The smallest absolute Gasteiger partial charge is 0.123 e. The van der Waals surface area contributed by atoms with Crippen LogP contribution >= 0.6 is 0 Å². The van der Waals surface area contributed by atoms with Crippen LogP contribution in [0.25, 0.3) is 0 Å². The van der Waals surface area contributed by atoms with E-state index in [2.05, 4.69) is 33.0 Å². The average Bonchev–Trinajstić information content (AvgIpc) is 2.51. The van der Waals surface area contributed by atoms with Gasteiger partial charge in [-0.25, -0.2) is 4.39 Å². The van der Waals surface area contributed by atoms with Gasteiger partial charge in [0.1, 0.15) is 5.82 Å². The Morgan fingerprint density at radius 3 is 2.19 bits per heavy atom. The Bertz CT molecular complexity index is 387. The summed E-state index contributed by atoms with van der Waals surface area (Å²) >= 11 is 0. The van der Waals surface area contributed by atoms with Crippen molar-refractivity contribution in [3.05, 3.63) is 35.6 Å². The summed E-state index contributed by atoms with van der Waals surface area (Å²) in [5, 5.41) is 3.64. The molecule has 120 valence electrons. The number of nitrogens with one attached hydrogen (secondary N) is 1. The maximum absolute atomic E-state index is 13.1. The van der Waals surface area contributed by atoms with Gasteiger partial charge in [0.2, 0.25) is 0 Å². The van der Waals surface area contributed by atoms with Crippen molar-refractivity contribution in [1.82, 2.24) is 5.32 Å².